The number of hydrogen-bond donors (Lipinski definition) is 0. The molecule has 16 aromatic rings. The van der Waals surface area contributed by atoms with Crippen LogP contribution in [-0.2, 0) is 6.18 Å². The van der Waals surface area contributed by atoms with Gasteiger partial charge in [-0.2, -0.15) is 18.4 Å². The molecular weight excluding hydrogens is 1170 g/mol. The van der Waals surface area contributed by atoms with Crippen LogP contribution in [0.25, 0.3) is 161 Å². The molecule has 0 aliphatic heterocycles. The number of nitrogens with zero attached hydrogens (tertiary/aromatic N) is 8. The minimum absolute atomic E-state index is 0.101. The summed E-state index contributed by atoms with van der Waals surface area (Å²) in [6, 6.07) is 97.6. The van der Waals surface area contributed by atoms with Gasteiger partial charge in [-0.25, -0.2) is 24.8 Å². The molecule has 0 spiro atoms. The Kier molecular flexibility index (Phi) is 13.9. The summed E-state index contributed by atoms with van der Waals surface area (Å²) in [5, 5.41) is 14.9. The second kappa shape index (κ2) is 23.2. The predicted molar refractivity (Wildman–Crippen MR) is 371 cm³/mol. The second-order valence-electron chi connectivity index (χ2n) is 23.1. The molecule has 0 aliphatic carbocycles. The monoisotopic (exact) mass is 1210 g/mol. The molecule has 11 heteroatoms. The first-order chi connectivity index (χ1) is 46.1. The van der Waals surface area contributed by atoms with Gasteiger partial charge in [0.25, 0.3) is 0 Å². The molecule has 6 aromatic heterocycles. The van der Waals surface area contributed by atoms with E-state index in [9.17, 15) is 5.26 Å². The Balaban J connectivity index is 1.03. The van der Waals surface area contributed by atoms with Crippen molar-refractivity contribution in [1.82, 2.24) is 29.1 Å². The number of nitriles is 1. The zero-order valence-electron chi connectivity index (χ0n) is 50.0. The van der Waals surface area contributed by atoms with Gasteiger partial charge in [-0.3, -0.25) is 0 Å². The lowest BCUT2D eigenvalue weighted by Gasteiger charge is -2.22. The van der Waals surface area contributed by atoms with E-state index >= 15 is 13.2 Å². The number of pyridine rings is 4. The minimum atomic E-state index is -4.86. The van der Waals surface area contributed by atoms with Crippen LogP contribution >= 0.6 is 0 Å². The molecule has 0 fully saturated rings. The van der Waals surface area contributed by atoms with Gasteiger partial charge >= 0.3 is 6.18 Å². The number of benzene rings is 10. The molecule has 0 radical (unpaired) electrons. The average molecular weight is 1220 g/mol. The molecule has 0 saturated carbocycles. The molecule has 0 saturated heterocycles. The summed E-state index contributed by atoms with van der Waals surface area (Å²) in [4.78, 5) is 24.5. The SMILES string of the molecule is [C-]#[N+]c1cc(-c2c(-n3c4cc(-c5cccc(-c6ccccc6)n5)ccc4c4ccc(-c5cccc(-c6ccccc6)n5)cc43)cc(C#N)cc2-n2c3cc(-c4cccc(-c5ccccc5)n4)ccc3c3ccc(-c4cccc(-c5ccccc5)n4)cc32)cc(C(F)(F)F)c1. The molecule has 10 aromatic carbocycles. The third kappa shape index (κ3) is 10.3. The maximum atomic E-state index is 15.7. The Labute approximate surface area is 538 Å². The smallest absolute Gasteiger partial charge is 0.308 e. The van der Waals surface area contributed by atoms with Gasteiger partial charge in [0.05, 0.1) is 97.2 Å². The predicted octanol–water partition coefficient (Wildman–Crippen LogP) is 21.9. The first kappa shape index (κ1) is 56.4. The van der Waals surface area contributed by atoms with Gasteiger partial charge in [0.2, 0.25) is 0 Å². The van der Waals surface area contributed by atoms with Crippen molar-refractivity contribution in [3.8, 4) is 119 Å². The fraction of sp³-hybridized carbons (Fsp3) is 0.0120. The number of aromatic nitrogens is 6. The van der Waals surface area contributed by atoms with Crippen molar-refractivity contribution >= 4 is 49.3 Å². The van der Waals surface area contributed by atoms with Gasteiger partial charge in [-0.1, -0.05) is 194 Å². The molecule has 8 nitrogen and oxygen atoms in total. The Hall–Kier alpha value is -12.8. The van der Waals surface area contributed by atoms with Crippen LogP contribution < -0.4 is 0 Å². The van der Waals surface area contributed by atoms with Crippen molar-refractivity contribution in [3.05, 3.63) is 320 Å². The van der Waals surface area contributed by atoms with Crippen LogP contribution in [0.1, 0.15) is 11.1 Å². The van der Waals surface area contributed by atoms with Crippen LogP contribution in [0.3, 0.4) is 0 Å². The van der Waals surface area contributed by atoms with Gasteiger partial charge in [0.1, 0.15) is 0 Å². The number of alkyl halides is 3. The van der Waals surface area contributed by atoms with Crippen LogP contribution in [0.4, 0.5) is 18.9 Å². The van der Waals surface area contributed by atoms with Crippen molar-refractivity contribution in [2.24, 2.45) is 0 Å². The Morgan fingerprint density at radius 2 is 0.617 bits per heavy atom. The van der Waals surface area contributed by atoms with Crippen molar-refractivity contribution in [3.63, 3.8) is 0 Å². The molecule has 6 heterocycles. The van der Waals surface area contributed by atoms with Gasteiger partial charge in [-0.15, -0.1) is 0 Å². The first-order valence-electron chi connectivity index (χ1n) is 30.6. The topological polar surface area (TPSA) is 89.6 Å². The maximum absolute atomic E-state index is 15.7. The van der Waals surface area contributed by atoms with Crippen molar-refractivity contribution < 1.29 is 13.2 Å². The molecule has 0 atom stereocenters. The maximum Gasteiger partial charge on any atom is 0.415 e. The highest BCUT2D eigenvalue weighted by molar-refractivity contribution is 6.14. The van der Waals surface area contributed by atoms with Gasteiger partial charge in [-0.05, 0) is 109 Å². The molecular formula is C83H49F3N8. The van der Waals surface area contributed by atoms with E-state index in [0.717, 1.165) is 101 Å². The fourth-order valence-corrected chi connectivity index (χ4v) is 13.0. The summed E-state index contributed by atoms with van der Waals surface area (Å²) in [6.45, 7) is 8.37. The highest BCUT2D eigenvalue weighted by Crippen LogP contribution is 2.47. The largest absolute Gasteiger partial charge is 0.415 e. The highest BCUT2D eigenvalue weighted by Gasteiger charge is 2.33. The number of halogens is 3. The fourth-order valence-electron chi connectivity index (χ4n) is 13.0. The van der Waals surface area contributed by atoms with Gasteiger partial charge in [0.15, 0.2) is 5.69 Å². The van der Waals surface area contributed by atoms with E-state index in [4.69, 9.17) is 26.5 Å². The molecule has 16 rings (SSSR count). The van der Waals surface area contributed by atoms with Crippen molar-refractivity contribution in [2.45, 2.75) is 6.18 Å². The summed E-state index contributed by atoms with van der Waals surface area (Å²) in [7, 11) is 0. The molecule has 94 heavy (non-hydrogen) atoms. The molecule has 0 aliphatic rings. The second-order valence-corrected chi connectivity index (χ2v) is 23.1. The summed E-state index contributed by atoms with van der Waals surface area (Å²) >= 11 is 0. The van der Waals surface area contributed by atoms with Gasteiger partial charge in [0, 0.05) is 77.2 Å². The average Bonchev–Trinajstić information content (AvgIpc) is 1.52. The summed E-state index contributed by atoms with van der Waals surface area (Å²) in [6.07, 6.45) is -4.86. The third-order valence-corrected chi connectivity index (χ3v) is 17.4. The van der Waals surface area contributed by atoms with E-state index in [2.05, 4.69) is 68.6 Å². The number of rotatable bonds is 11. The lowest BCUT2D eigenvalue weighted by Crippen LogP contribution is -2.08. The van der Waals surface area contributed by atoms with E-state index in [1.54, 1.807) is 12.1 Å². The zero-order valence-corrected chi connectivity index (χ0v) is 50.0. The van der Waals surface area contributed by atoms with E-state index in [1.807, 2.05) is 218 Å². The first-order valence-corrected chi connectivity index (χ1v) is 30.6. The lowest BCUT2D eigenvalue weighted by atomic mass is 9.95. The standard InChI is InChI=1S/C83H49F3N8/c1-88-63-45-61(44-62(50-63)83(84,85)86)82-80(93-76-46-57(72-30-14-26-68(89-72)53-18-6-2-7-19-53)34-38-64(76)65-39-35-58(47-77(65)93)73-31-15-27-69(90-73)54-20-8-3-9-21-54)42-52(51-87)43-81(82)94-78-48-59(74-32-16-28-70(91-74)55-22-10-4-11-23-55)36-40-66(78)67-41-37-60(49-79(67)94)75-33-17-29-71(92-75)56-24-12-5-13-25-56/h2-50H. The third-order valence-electron chi connectivity index (χ3n) is 17.4. The molecule has 0 bridgehead atoms. The quantitative estimate of drug-likeness (QED) is 0.120. The van der Waals surface area contributed by atoms with E-state index in [-0.39, 0.29) is 16.8 Å². The van der Waals surface area contributed by atoms with Gasteiger partial charge < -0.3 is 9.13 Å². The van der Waals surface area contributed by atoms with Crippen LogP contribution in [0.5, 0.6) is 0 Å². The highest BCUT2D eigenvalue weighted by atomic mass is 19.4. The minimum Gasteiger partial charge on any atom is -0.308 e. The van der Waals surface area contributed by atoms with E-state index < -0.39 is 11.7 Å². The Morgan fingerprint density at radius 1 is 0.319 bits per heavy atom. The van der Waals surface area contributed by atoms with Crippen molar-refractivity contribution in [2.75, 3.05) is 0 Å². The number of hydrogen-bond acceptors (Lipinski definition) is 5. The Morgan fingerprint density at radius 3 is 0.894 bits per heavy atom. The molecule has 0 N–H and O–H groups in total. The summed E-state index contributed by atoms with van der Waals surface area (Å²) in [5.41, 5.74) is 15.7. The Bertz CT molecular complexity index is 5160. The van der Waals surface area contributed by atoms with Crippen LogP contribution in [-0.4, -0.2) is 29.1 Å². The normalized spacial score (nSPS) is 11.5. The number of fused-ring (bicyclic) bond motifs is 6. The van der Waals surface area contributed by atoms with Crippen LogP contribution in [0, 0.1) is 17.9 Å². The zero-order chi connectivity index (χ0) is 63.4. The molecule has 0 unspecified atom stereocenters. The van der Waals surface area contributed by atoms with E-state index in [1.165, 1.54) is 6.07 Å². The summed E-state index contributed by atoms with van der Waals surface area (Å²) < 4.78 is 51.2. The molecule has 442 valence electrons. The van der Waals surface area contributed by atoms with Crippen LogP contribution in [0.2, 0.25) is 0 Å². The molecule has 0 amide bonds. The summed E-state index contributed by atoms with van der Waals surface area (Å²) in [5.74, 6) is 0. The van der Waals surface area contributed by atoms with Crippen molar-refractivity contribution in [1.29, 1.82) is 5.26 Å². The van der Waals surface area contributed by atoms with Crippen LogP contribution in [0.15, 0.2) is 297 Å². The van der Waals surface area contributed by atoms with E-state index in [0.29, 0.717) is 61.8 Å². The lowest BCUT2D eigenvalue weighted by molar-refractivity contribution is -0.137.